The minimum atomic E-state index is 0.107. The van der Waals surface area contributed by atoms with Gasteiger partial charge in [-0.3, -0.25) is 4.79 Å². The van der Waals surface area contributed by atoms with Gasteiger partial charge in [-0.05, 0) is 17.8 Å². The second-order valence-electron chi connectivity index (χ2n) is 6.18. The van der Waals surface area contributed by atoms with Crippen molar-refractivity contribution in [3.8, 4) is 0 Å². The zero-order chi connectivity index (χ0) is 13.3. The molecule has 3 heteroatoms. The molecule has 0 aromatic rings. The van der Waals surface area contributed by atoms with Gasteiger partial charge >= 0.3 is 0 Å². The zero-order valence-corrected chi connectivity index (χ0v) is 11.7. The molecule has 1 N–H and O–H groups in total. The van der Waals surface area contributed by atoms with Gasteiger partial charge in [-0.2, -0.15) is 0 Å². The Morgan fingerprint density at radius 2 is 1.82 bits per heavy atom. The molecule has 0 aromatic heterocycles. The molecule has 1 saturated carbocycles. The van der Waals surface area contributed by atoms with E-state index >= 15 is 0 Å². The van der Waals surface area contributed by atoms with Crippen LogP contribution in [-0.4, -0.2) is 25.7 Å². The van der Waals surface area contributed by atoms with Gasteiger partial charge in [-0.25, -0.2) is 0 Å². The highest BCUT2D eigenvalue weighted by molar-refractivity contribution is 5.84. The highest BCUT2D eigenvalue weighted by Crippen LogP contribution is 2.68. The number of carbonyl (C=O) groups is 1. The fraction of sp³-hybridized carbons (Fsp3) is 0.786. The predicted molar refractivity (Wildman–Crippen MR) is 69.7 cm³/mol. The lowest BCUT2D eigenvalue weighted by molar-refractivity contribution is -0.123. The number of amides is 1. The number of hydrogen-bond acceptors (Lipinski definition) is 2. The molecule has 0 radical (unpaired) electrons. The molecule has 1 aliphatic rings. The molecule has 0 unspecified atom stereocenters. The first kappa shape index (κ1) is 14.2. The quantitative estimate of drug-likeness (QED) is 0.571. The van der Waals surface area contributed by atoms with Gasteiger partial charge in [-0.15, -0.1) is 0 Å². The van der Waals surface area contributed by atoms with Crippen LogP contribution in [0.4, 0.5) is 0 Å². The molecule has 3 nitrogen and oxygen atoms in total. The van der Waals surface area contributed by atoms with Crippen molar-refractivity contribution in [3.05, 3.63) is 12.2 Å². The molecular formula is C14H25NO2. The van der Waals surface area contributed by atoms with Crippen molar-refractivity contribution in [1.82, 2.24) is 5.32 Å². The van der Waals surface area contributed by atoms with Gasteiger partial charge < -0.3 is 10.1 Å². The van der Waals surface area contributed by atoms with E-state index in [-0.39, 0.29) is 22.7 Å². The Labute approximate surface area is 105 Å². The van der Waals surface area contributed by atoms with Gasteiger partial charge in [0.05, 0.1) is 13.2 Å². The molecule has 0 aromatic carbocycles. The Balaban J connectivity index is 2.22. The lowest BCUT2D eigenvalue weighted by Crippen LogP contribution is -2.30. The van der Waals surface area contributed by atoms with E-state index in [1.165, 1.54) is 0 Å². The van der Waals surface area contributed by atoms with E-state index in [1.54, 1.807) is 0 Å². The Morgan fingerprint density at radius 3 is 2.24 bits per heavy atom. The van der Waals surface area contributed by atoms with Crippen LogP contribution in [0, 0.1) is 16.7 Å². The molecule has 1 amide bonds. The van der Waals surface area contributed by atoms with Crippen LogP contribution in [0.15, 0.2) is 12.2 Å². The van der Waals surface area contributed by atoms with Crippen molar-refractivity contribution in [3.63, 3.8) is 0 Å². The molecular weight excluding hydrogens is 214 g/mol. The van der Waals surface area contributed by atoms with Crippen molar-refractivity contribution < 1.29 is 9.53 Å². The third-order valence-electron chi connectivity index (χ3n) is 4.18. The Kier molecular flexibility index (Phi) is 4.03. The average Bonchev–Trinajstić information content (AvgIpc) is 2.56. The summed E-state index contributed by atoms with van der Waals surface area (Å²) in [6, 6.07) is 0. The third kappa shape index (κ3) is 2.89. The molecule has 1 fully saturated rings. The minimum Gasteiger partial charge on any atom is -0.375 e. The fourth-order valence-electron chi connectivity index (χ4n) is 2.45. The maximum atomic E-state index is 11.9. The molecule has 0 bridgehead atoms. The van der Waals surface area contributed by atoms with Crippen LogP contribution in [0.1, 0.15) is 34.6 Å². The summed E-state index contributed by atoms with van der Waals surface area (Å²) in [5.41, 5.74) is 1.21. The monoisotopic (exact) mass is 239 g/mol. The van der Waals surface area contributed by atoms with Crippen LogP contribution in [0.25, 0.3) is 0 Å². The molecule has 0 aliphatic heterocycles. The largest absolute Gasteiger partial charge is 0.375 e. The van der Waals surface area contributed by atoms with Crippen LogP contribution in [0.3, 0.4) is 0 Å². The van der Waals surface area contributed by atoms with Gasteiger partial charge in [0.25, 0.3) is 0 Å². The first-order chi connectivity index (χ1) is 7.71. The maximum absolute atomic E-state index is 11.9. The molecule has 0 heterocycles. The summed E-state index contributed by atoms with van der Waals surface area (Å²) in [6.07, 6.45) is 0. The van der Waals surface area contributed by atoms with E-state index in [1.807, 2.05) is 6.92 Å². The number of hydrogen-bond donors (Lipinski definition) is 1. The van der Waals surface area contributed by atoms with E-state index in [0.717, 1.165) is 5.57 Å². The maximum Gasteiger partial charge on any atom is 0.224 e. The van der Waals surface area contributed by atoms with E-state index in [4.69, 9.17) is 4.74 Å². The first-order valence-electron chi connectivity index (χ1n) is 6.21. The van der Waals surface area contributed by atoms with Gasteiger partial charge in [0.15, 0.2) is 0 Å². The third-order valence-corrected chi connectivity index (χ3v) is 4.18. The summed E-state index contributed by atoms with van der Waals surface area (Å²) in [4.78, 5) is 11.9. The Bertz CT molecular complexity index is 304. The van der Waals surface area contributed by atoms with Crippen molar-refractivity contribution in [2.45, 2.75) is 34.6 Å². The van der Waals surface area contributed by atoms with E-state index in [0.29, 0.717) is 19.8 Å². The lowest BCUT2D eigenvalue weighted by atomic mass is 10.0. The summed E-state index contributed by atoms with van der Waals surface area (Å²) < 4.78 is 5.34. The summed E-state index contributed by atoms with van der Waals surface area (Å²) in [6.45, 7) is 16.0. The second-order valence-corrected chi connectivity index (χ2v) is 6.18. The summed E-state index contributed by atoms with van der Waals surface area (Å²) in [5, 5.41) is 2.94. The van der Waals surface area contributed by atoms with Gasteiger partial charge in [0.2, 0.25) is 5.91 Å². The van der Waals surface area contributed by atoms with Gasteiger partial charge in [-0.1, -0.05) is 39.8 Å². The van der Waals surface area contributed by atoms with Crippen molar-refractivity contribution in [2.75, 3.05) is 19.8 Å². The molecule has 0 saturated heterocycles. The standard InChI is InChI=1S/C14H25NO2/c1-10(2)9-17-8-7-15-12(16)11-13(3,4)14(11,5)6/h11H,1,7-9H2,2-6H3,(H,15,16). The molecule has 1 aliphatic carbocycles. The summed E-state index contributed by atoms with van der Waals surface area (Å²) in [5.74, 6) is 0.273. The average molecular weight is 239 g/mol. The predicted octanol–water partition coefficient (Wildman–Crippen LogP) is 2.38. The van der Waals surface area contributed by atoms with Gasteiger partial charge in [0, 0.05) is 12.5 Å². The second kappa shape index (κ2) is 4.81. The Morgan fingerprint density at radius 1 is 1.29 bits per heavy atom. The molecule has 98 valence electrons. The number of ether oxygens (including phenoxy) is 1. The van der Waals surface area contributed by atoms with E-state index in [9.17, 15) is 4.79 Å². The molecule has 1 rings (SSSR count). The Hall–Kier alpha value is -0.830. The number of nitrogens with one attached hydrogen (secondary N) is 1. The van der Waals surface area contributed by atoms with Gasteiger partial charge in [0.1, 0.15) is 0 Å². The number of carbonyl (C=O) groups excluding carboxylic acids is 1. The summed E-state index contributed by atoms with van der Waals surface area (Å²) in [7, 11) is 0. The SMILES string of the molecule is C=C(C)COCCNC(=O)C1C(C)(C)C1(C)C. The van der Waals surface area contributed by atoms with Crippen LogP contribution in [0.2, 0.25) is 0 Å². The summed E-state index contributed by atoms with van der Waals surface area (Å²) >= 11 is 0. The first-order valence-corrected chi connectivity index (χ1v) is 6.21. The molecule has 0 spiro atoms. The van der Waals surface area contributed by atoms with Crippen molar-refractivity contribution >= 4 is 5.91 Å². The molecule has 0 atom stereocenters. The van der Waals surface area contributed by atoms with Crippen LogP contribution in [-0.2, 0) is 9.53 Å². The smallest absolute Gasteiger partial charge is 0.224 e. The highest BCUT2D eigenvalue weighted by atomic mass is 16.5. The topological polar surface area (TPSA) is 38.3 Å². The van der Waals surface area contributed by atoms with Crippen molar-refractivity contribution in [2.24, 2.45) is 16.7 Å². The highest BCUT2D eigenvalue weighted by Gasteiger charge is 2.68. The van der Waals surface area contributed by atoms with E-state index < -0.39 is 0 Å². The van der Waals surface area contributed by atoms with E-state index in [2.05, 4.69) is 39.6 Å². The molecule has 17 heavy (non-hydrogen) atoms. The lowest BCUT2D eigenvalue weighted by Gasteiger charge is -2.07. The number of rotatable bonds is 6. The van der Waals surface area contributed by atoms with Crippen molar-refractivity contribution in [1.29, 1.82) is 0 Å². The fourth-order valence-corrected chi connectivity index (χ4v) is 2.45. The van der Waals surface area contributed by atoms with Crippen LogP contribution < -0.4 is 5.32 Å². The normalized spacial score (nSPS) is 21.0. The minimum absolute atomic E-state index is 0.107. The zero-order valence-electron chi connectivity index (χ0n) is 11.7. The van der Waals surface area contributed by atoms with Crippen LogP contribution >= 0.6 is 0 Å². The van der Waals surface area contributed by atoms with Crippen LogP contribution in [0.5, 0.6) is 0 Å².